The van der Waals surface area contributed by atoms with Gasteiger partial charge >= 0.3 is 5.97 Å². The van der Waals surface area contributed by atoms with E-state index in [4.69, 9.17) is 4.74 Å². The van der Waals surface area contributed by atoms with Crippen LogP contribution in [-0.4, -0.2) is 44.3 Å². The van der Waals surface area contributed by atoms with Crippen molar-refractivity contribution in [3.8, 4) is 0 Å². The van der Waals surface area contributed by atoms with Crippen LogP contribution in [0.15, 0.2) is 46.0 Å². The Morgan fingerprint density at radius 1 is 1.29 bits per heavy atom. The van der Waals surface area contributed by atoms with Gasteiger partial charge in [0.2, 0.25) is 5.91 Å². The fourth-order valence-electron chi connectivity index (χ4n) is 3.09. The molecule has 2 heterocycles. The number of benzene rings is 1. The first-order valence-electron chi connectivity index (χ1n) is 9.03. The second-order valence-corrected chi connectivity index (χ2v) is 9.54. The van der Waals surface area contributed by atoms with Crippen LogP contribution in [0.5, 0.6) is 0 Å². The maximum atomic E-state index is 12.7. The second kappa shape index (κ2) is 8.85. The molecule has 28 heavy (non-hydrogen) atoms. The largest absolute Gasteiger partial charge is 0.462 e. The van der Waals surface area contributed by atoms with E-state index in [1.807, 2.05) is 0 Å². The van der Waals surface area contributed by atoms with Crippen molar-refractivity contribution in [2.75, 3.05) is 25.0 Å². The summed E-state index contributed by atoms with van der Waals surface area (Å²) in [4.78, 5) is 24.5. The van der Waals surface area contributed by atoms with Crippen LogP contribution in [0, 0.1) is 5.92 Å². The predicted molar refractivity (Wildman–Crippen MR) is 107 cm³/mol. The van der Waals surface area contributed by atoms with Gasteiger partial charge < -0.3 is 10.1 Å². The standard InChI is InChI=1S/C19H22N2O5S2/c1-2-26-19(23)14-6-3-8-16(12-14)20-18(22)15-7-4-10-21(13-15)28(24,25)17-9-5-11-27-17/h3,5-6,8-9,11-12,15H,2,4,7,10,13H2,1H3,(H,20,22)/t15-/m1/s1. The lowest BCUT2D eigenvalue weighted by atomic mass is 9.98. The fraction of sp³-hybridized carbons (Fsp3) is 0.368. The van der Waals surface area contributed by atoms with E-state index in [0.29, 0.717) is 30.6 Å². The highest BCUT2D eigenvalue weighted by molar-refractivity contribution is 7.91. The molecule has 1 saturated heterocycles. The van der Waals surface area contributed by atoms with Gasteiger partial charge in [-0.25, -0.2) is 13.2 Å². The molecule has 0 spiro atoms. The Morgan fingerprint density at radius 3 is 2.82 bits per heavy atom. The summed E-state index contributed by atoms with van der Waals surface area (Å²) in [7, 11) is -3.57. The summed E-state index contributed by atoms with van der Waals surface area (Å²) in [5, 5.41) is 4.51. The van der Waals surface area contributed by atoms with Crippen LogP contribution >= 0.6 is 11.3 Å². The zero-order chi connectivity index (χ0) is 20.1. The molecule has 1 aliphatic rings. The number of carbonyl (C=O) groups excluding carboxylic acids is 2. The quantitative estimate of drug-likeness (QED) is 0.723. The molecule has 2 aromatic rings. The molecule has 0 radical (unpaired) electrons. The van der Waals surface area contributed by atoms with Crippen LogP contribution in [0.4, 0.5) is 5.69 Å². The van der Waals surface area contributed by atoms with Gasteiger partial charge in [0.25, 0.3) is 10.0 Å². The first kappa shape index (κ1) is 20.5. The Labute approximate surface area is 168 Å². The number of ether oxygens (including phenoxy) is 1. The molecular formula is C19H22N2O5S2. The van der Waals surface area contributed by atoms with Crippen molar-refractivity contribution in [1.82, 2.24) is 4.31 Å². The van der Waals surface area contributed by atoms with Gasteiger partial charge in [0.05, 0.1) is 18.1 Å². The number of nitrogens with one attached hydrogen (secondary N) is 1. The van der Waals surface area contributed by atoms with Crippen molar-refractivity contribution in [3.63, 3.8) is 0 Å². The Bertz CT molecular complexity index is 941. The smallest absolute Gasteiger partial charge is 0.338 e. The van der Waals surface area contributed by atoms with E-state index in [1.165, 1.54) is 15.6 Å². The average molecular weight is 423 g/mol. The molecule has 0 aliphatic carbocycles. The fourth-order valence-corrected chi connectivity index (χ4v) is 5.76. The summed E-state index contributed by atoms with van der Waals surface area (Å²) < 4.78 is 32.0. The minimum Gasteiger partial charge on any atom is -0.462 e. The van der Waals surface area contributed by atoms with Crippen LogP contribution in [0.2, 0.25) is 0 Å². The van der Waals surface area contributed by atoms with Crippen molar-refractivity contribution in [2.24, 2.45) is 5.92 Å². The Hall–Kier alpha value is -2.23. The molecule has 1 N–H and O–H groups in total. The van der Waals surface area contributed by atoms with Crippen molar-refractivity contribution in [3.05, 3.63) is 47.3 Å². The highest BCUT2D eigenvalue weighted by Crippen LogP contribution is 2.27. The van der Waals surface area contributed by atoms with E-state index >= 15 is 0 Å². The molecule has 0 unspecified atom stereocenters. The predicted octanol–water partition coefficient (Wildman–Crippen LogP) is 2.96. The van der Waals surface area contributed by atoms with Crippen molar-refractivity contribution >= 4 is 38.9 Å². The van der Waals surface area contributed by atoms with Crippen LogP contribution < -0.4 is 5.32 Å². The average Bonchev–Trinajstić information content (AvgIpc) is 3.24. The molecule has 1 fully saturated rings. The Kier molecular flexibility index (Phi) is 6.48. The minimum atomic E-state index is -3.57. The number of esters is 1. The summed E-state index contributed by atoms with van der Waals surface area (Å²) in [5.41, 5.74) is 0.832. The number of rotatable bonds is 6. The number of thiophene rings is 1. The third-order valence-corrected chi connectivity index (χ3v) is 7.72. The molecule has 7 nitrogen and oxygen atoms in total. The Balaban J connectivity index is 1.68. The number of hydrogen-bond donors (Lipinski definition) is 1. The van der Waals surface area contributed by atoms with E-state index in [1.54, 1.807) is 48.7 Å². The topological polar surface area (TPSA) is 92.8 Å². The third kappa shape index (κ3) is 4.60. The lowest BCUT2D eigenvalue weighted by Gasteiger charge is -2.30. The molecule has 0 saturated carbocycles. The van der Waals surface area contributed by atoms with E-state index < -0.39 is 21.9 Å². The highest BCUT2D eigenvalue weighted by atomic mass is 32.2. The van der Waals surface area contributed by atoms with E-state index in [2.05, 4.69) is 5.32 Å². The monoisotopic (exact) mass is 422 g/mol. The van der Waals surface area contributed by atoms with Crippen LogP contribution in [0.3, 0.4) is 0 Å². The molecule has 1 amide bonds. The van der Waals surface area contributed by atoms with E-state index in [-0.39, 0.29) is 23.3 Å². The summed E-state index contributed by atoms with van der Waals surface area (Å²) in [6.45, 7) is 2.54. The molecule has 1 aromatic heterocycles. The number of sulfonamides is 1. The van der Waals surface area contributed by atoms with Crippen LogP contribution in [0.1, 0.15) is 30.1 Å². The van der Waals surface area contributed by atoms with Gasteiger partial charge in [0.15, 0.2) is 0 Å². The van der Waals surface area contributed by atoms with Crippen molar-refractivity contribution < 1.29 is 22.7 Å². The molecule has 3 rings (SSSR count). The number of carbonyl (C=O) groups is 2. The normalized spacial score (nSPS) is 17.8. The number of piperidine rings is 1. The second-order valence-electron chi connectivity index (χ2n) is 6.42. The van der Waals surface area contributed by atoms with Gasteiger partial charge in [-0.3, -0.25) is 4.79 Å². The lowest BCUT2D eigenvalue weighted by molar-refractivity contribution is -0.120. The molecule has 1 aromatic carbocycles. The van der Waals surface area contributed by atoms with Gasteiger partial charge in [0.1, 0.15) is 4.21 Å². The van der Waals surface area contributed by atoms with Gasteiger partial charge in [-0.15, -0.1) is 11.3 Å². The zero-order valence-corrected chi connectivity index (χ0v) is 17.1. The molecule has 1 aliphatic heterocycles. The lowest BCUT2D eigenvalue weighted by Crippen LogP contribution is -2.43. The zero-order valence-electron chi connectivity index (χ0n) is 15.5. The maximum Gasteiger partial charge on any atom is 0.338 e. The number of anilines is 1. The minimum absolute atomic E-state index is 0.142. The highest BCUT2D eigenvalue weighted by Gasteiger charge is 2.33. The third-order valence-electron chi connectivity index (χ3n) is 4.49. The Morgan fingerprint density at radius 2 is 2.11 bits per heavy atom. The first-order chi connectivity index (χ1) is 13.4. The molecular weight excluding hydrogens is 400 g/mol. The molecule has 9 heteroatoms. The van der Waals surface area contributed by atoms with Gasteiger partial charge in [-0.2, -0.15) is 4.31 Å². The summed E-state index contributed by atoms with van der Waals surface area (Å²) in [6.07, 6.45) is 1.23. The van der Waals surface area contributed by atoms with Gasteiger partial charge in [-0.1, -0.05) is 12.1 Å². The number of hydrogen-bond acceptors (Lipinski definition) is 6. The number of nitrogens with zero attached hydrogens (tertiary/aromatic N) is 1. The van der Waals surface area contributed by atoms with Crippen molar-refractivity contribution in [1.29, 1.82) is 0 Å². The molecule has 0 bridgehead atoms. The summed E-state index contributed by atoms with van der Waals surface area (Å²) in [5.74, 6) is -1.16. The van der Waals surface area contributed by atoms with Gasteiger partial charge in [-0.05, 0) is 49.4 Å². The SMILES string of the molecule is CCOC(=O)c1cccc(NC(=O)[C@@H]2CCCN(S(=O)(=O)c3cccs3)C2)c1. The van der Waals surface area contributed by atoms with E-state index in [0.717, 1.165) is 0 Å². The molecule has 1 atom stereocenters. The van der Waals surface area contributed by atoms with Crippen LogP contribution in [0.25, 0.3) is 0 Å². The summed E-state index contributed by atoms with van der Waals surface area (Å²) >= 11 is 1.17. The first-order valence-corrected chi connectivity index (χ1v) is 11.4. The van der Waals surface area contributed by atoms with Crippen molar-refractivity contribution in [2.45, 2.75) is 24.0 Å². The van der Waals surface area contributed by atoms with Crippen LogP contribution in [-0.2, 0) is 19.6 Å². The maximum absolute atomic E-state index is 12.7. The van der Waals surface area contributed by atoms with E-state index in [9.17, 15) is 18.0 Å². The van der Waals surface area contributed by atoms with Gasteiger partial charge in [0, 0.05) is 18.8 Å². The number of amides is 1. The summed E-state index contributed by atoms with van der Waals surface area (Å²) in [6, 6.07) is 9.79. The molecule has 150 valence electrons.